The summed E-state index contributed by atoms with van der Waals surface area (Å²) < 4.78 is 6.53. The second-order valence-corrected chi connectivity index (χ2v) is 7.78. The van der Waals surface area contributed by atoms with Gasteiger partial charge in [-0.3, -0.25) is 4.79 Å². The molecule has 9 heteroatoms. The van der Waals surface area contributed by atoms with E-state index < -0.39 is 5.25 Å². The van der Waals surface area contributed by atoms with E-state index in [9.17, 15) is 4.79 Å². The largest absolute Gasteiger partial charge is 0.497 e. The van der Waals surface area contributed by atoms with Crippen LogP contribution in [0.25, 0.3) is 11.4 Å². The van der Waals surface area contributed by atoms with Crippen molar-refractivity contribution in [1.82, 2.24) is 14.9 Å². The number of methoxy groups -OCH3 is 1. The predicted octanol–water partition coefficient (Wildman–Crippen LogP) is 3.75. The number of carbonyl (C=O) groups excluding carboxylic acids is 1. The third-order valence-electron chi connectivity index (χ3n) is 4.19. The first-order valence-electron chi connectivity index (χ1n) is 8.48. The number of amides is 1. The number of rotatable bonds is 6. The molecule has 0 saturated heterocycles. The Balaban J connectivity index is 1.71. The summed E-state index contributed by atoms with van der Waals surface area (Å²) >= 11 is 7.33. The molecule has 1 heterocycles. The summed E-state index contributed by atoms with van der Waals surface area (Å²) in [6, 6.07) is 12.7. The average molecular weight is 418 g/mol. The van der Waals surface area contributed by atoms with Crippen molar-refractivity contribution in [3.63, 3.8) is 0 Å². The van der Waals surface area contributed by atoms with Gasteiger partial charge in [-0.15, -0.1) is 10.2 Å². The van der Waals surface area contributed by atoms with E-state index in [0.29, 0.717) is 21.7 Å². The minimum absolute atomic E-state index is 0.177. The number of thioether (sulfide) groups is 1. The summed E-state index contributed by atoms with van der Waals surface area (Å²) in [7, 11) is 1.60. The van der Waals surface area contributed by atoms with Crippen LogP contribution in [0.4, 0.5) is 5.69 Å². The zero-order valence-corrected chi connectivity index (χ0v) is 17.2. The van der Waals surface area contributed by atoms with E-state index in [0.717, 1.165) is 16.9 Å². The first-order valence-corrected chi connectivity index (χ1v) is 9.74. The quantitative estimate of drug-likeness (QED) is 0.468. The number of nitrogen functional groups attached to an aromatic ring is 1. The molecule has 3 N–H and O–H groups in total. The monoisotopic (exact) mass is 417 g/mol. The number of halogens is 1. The summed E-state index contributed by atoms with van der Waals surface area (Å²) in [5, 5.41) is 11.7. The molecule has 146 valence electrons. The van der Waals surface area contributed by atoms with E-state index in [1.807, 2.05) is 37.3 Å². The Kier molecular flexibility index (Phi) is 6.11. The number of nitrogens with zero attached hydrogens (tertiary/aromatic N) is 3. The molecule has 0 aliphatic rings. The van der Waals surface area contributed by atoms with Crippen LogP contribution in [0, 0.1) is 6.92 Å². The maximum absolute atomic E-state index is 12.6. The van der Waals surface area contributed by atoms with Crippen LogP contribution < -0.4 is 15.9 Å². The van der Waals surface area contributed by atoms with Gasteiger partial charge in [-0.2, -0.15) is 0 Å². The first-order chi connectivity index (χ1) is 13.4. The summed E-state index contributed by atoms with van der Waals surface area (Å²) in [5.41, 5.74) is 2.30. The van der Waals surface area contributed by atoms with E-state index in [1.165, 1.54) is 16.4 Å². The summed E-state index contributed by atoms with van der Waals surface area (Å²) in [6.07, 6.45) is 0. The molecule has 1 amide bonds. The van der Waals surface area contributed by atoms with Crippen molar-refractivity contribution in [2.24, 2.45) is 0 Å². The third kappa shape index (κ3) is 4.23. The van der Waals surface area contributed by atoms with Crippen LogP contribution in [0.15, 0.2) is 47.6 Å². The number of benzene rings is 2. The smallest absolute Gasteiger partial charge is 0.237 e. The normalized spacial score (nSPS) is 11.9. The molecule has 0 aliphatic heterocycles. The van der Waals surface area contributed by atoms with Gasteiger partial charge in [-0.1, -0.05) is 29.4 Å². The molecule has 1 atom stereocenters. The Hall–Kier alpha value is -2.71. The van der Waals surface area contributed by atoms with Gasteiger partial charge in [0, 0.05) is 16.3 Å². The Morgan fingerprint density at radius 2 is 1.96 bits per heavy atom. The lowest BCUT2D eigenvalue weighted by atomic mass is 10.2. The van der Waals surface area contributed by atoms with Crippen LogP contribution >= 0.6 is 23.4 Å². The molecular formula is C19H20ClN5O2S. The van der Waals surface area contributed by atoms with Gasteiger partial charge in [-0.25, -0.2) is 4.68 Å². The average Bonchev–Trinajstić information content (AvgIpc) is 3.05. The standard InChI is InChI=1S/C19H20ClN5O2S/c1-11-15(20)5-4-6-16(11)22-18(26)12(2)28-19-24-23-17(25(19)21)13-7-9-14(27-3)10-8-13/h4-10,12H,21H2,1-3H3,(H,22,26)/t12-/m0/s1. The van der Waals surface area contributed by atoms with Gasteiger partial charge < -0.3 is 15.9 Å². The van der Waals surface area contributed by atoms with E-state index in [-0.39, 0.29) is 5.91 Å². The molecule has 0 fully saturated rings. The van der Waals surface area contributed by atoms with Gasteiger partial charge in [0.2, 0.25) is 11.1 Å². The lowest BCUT2D eigenvalue weighted by molar-refractivity contribution is -0.115. The SMILES string of the molecule is COc1ccc(-c2nnc(S[C@@H](C)C(=O)Nc3cccc(Cl)c3C)n2N)cc1. The zero-order chi connectivity index (χ0) is 20.3. The fourth-order valence-electron chi connectivity index (χ4n) is 2.48. The number of anilines is 1. The molecule has 3 aromatic rings. The van der Waals surface area contributed by atoms with Crippen LogP contribution in [0.2, 0.25) is 5.02 Å². The van der Waals surface area contributed by atoms with E-state index >= 15 is 0 Å². The first kappa shape index (κ1) is 20.0. The van der Waals surface area contributed by atoms with Crippen LogP contribution in [-0.4, -0.2) is 33.1 Å². The van der Waals surface area contributed by atoms with Crippen LogP contribution in [0.3, 0.4) is 0 Å². The number of carbonyl (C=O) groups is 1. The Morgan fingerprint density at radius 1 is 1.25 bits per heavy atom. The molecule has 28 heavy (non-hydrogen) atoms. The second-order valence-electron chi connectivity index (χ2n) is 6.07. The van der Waals surface area contributed by atoms with Gasteiger partial charge in [0.25, 0.3) is 0 Å². The van der Waals surface area contributed by atoms with E-state index in [1.54, 1.807) is 26.2 Å². The van der Waals surface area contributed by atoms with Crippen molar-refractivity contribution in [1.29, 1.82) is 0 Å². The minimum atomic E-state index is -0.436. The summed E-state index contributed by atoms with van der Waals surface area (Å²) in [4.78, 5) is 12.6. The molecule has 0 unspecified atom stereocenters. The summed E-state index contributed by atoms with van der Waals surface area (Å²) in [5.74, 6) is 7.21. The fourth-order valence-corrected chi connectivity index (χ4v) is 3.43. The Labute approximate surface area is 172 Å². The highest BCUT2D eigenvalue weighted by Gasteiger charge is 2.20. The van der Waals surface area contributed by atoms with E-state index in [2.05, 4.69) is 15.5 Å². The van der Waals surface area contributed by atoms with Crippen molar-refractivity contribution in [2.45, 2.75) is 24.3 Å². The molecule has 0 spiro atoms. The number of nitrogens with two attached hydrogens (primary N) is 1. The van der Waals surface area contributed by atoms with Gasteiger partial charge in [0.15, 0.2) is 5.82 Å². The van der Waals surface area contributed by atoms with Gasteiger partial charge >= 0.3 is 0 Å². The molecule has 0 saturated carbocycles. The summed E-state index contributed by atoms with van der Waals surface area (Å²) in [6.45, 7) is 3.63. The van der Waals surface area contributed by atoms with E-state index in [4.69, 9.17) is 22.2 Å². The molecule has 2 aromatic carbocycles. The number of ether oxygens (including phenoxy) is 1. The Bertz CT molecular complexity index is 990. The van der Waals surface area contributed by atoms with Gasteiger partial charge in [0.05, 0.1) is 12.4 Å². The highest BCUT2D eigenvalue weighted by Crippen LogP contribution is 2.28. The minimum Gasteiger partial charge on any atom is -0.497 e. The highest BCUT2D eigenvalue weighted by atomic mass is 35.5. The van der Waals surface area contributed by atoms with Crippen LogP contribution in [0.5, 0.6) is 5.75 Å². The van der Waals surface area contributed by atoms with Crippen molar-refractivity contribution in [3.8, 4) is 17.1 Å². The predicted molar refractivity (Wildman–Crippen MR) is 112 cm³/mol. The van der Waals surface area contributed by atoms with Crippen LogP contribution in [0.1, 0.15) is 12.5 Å². The van der Waals surface area contributed by atoms with Gasteiger partial charge in [-0.05, 0) is 55.8 Å². The van der Waals surface area contributed by atoms with Crippen LogP contribution in [-0.2, 0) is 4.79 Å². The molecule has 0 aliphatic carbocycles. The fraction of sp³-hybridized carbons (Fsp3) is 0.211. The number of aromatic nitrogens is 3. The number of nitrogens with one attached hydrogen (secondary N) is 1. The lowest BCUT2D eigenvalue weighted by Crippen LogP contribution is -2.24. The zero-order valence-electron chi connectivity index (χ0n) is 15.6. The van der Waals surface area contributed by atoms with Crippen molar-refractivity contribution < 1.29 is 9.53 Å². The molecule has 1 aromatic heterocycles. The highest BCUT2D eigenvalue weighted by molar-refractivity contribution is 8.00. The number of hydrogen-bond donors (Lipinski definition) is 2. The molecule has 0 bridgehead atoms. The Morgan fingerprint density at radius 3 is 2.64 bits per heavy atom. The second kappa shape index (κ2) is 8.53. The number of hydrogen-bond acceptors (Lipinski definition) is 6. The van der Waals surface area contributed by atoms with Crippen molar-refractivity contribution in [3.05, 3.63) is 53.1 Å². The third-order valence-corrected chi connectivity index (χ3v) is 5.66. The van der Waals surface area contributed by atoms with Crippen molar-refractivity contribution in [2.75, 3.05) is 18.3 Å². The molecule has 0 radical (unpaired) electrons. The van der Waals surface area contributed by atoms with Crippen molar-refractivity contribution >= 4 is 35.0 Å². The topological polar surface area (TPSA) is 95.1 Å². The molecule has 3 rings (SSSR count). The maximum atomic E-state index is 12.6. The molecule has 7 nitrogen and oxygen atoms in total. The van der Waals surface area contributed by atoms with Gasteiger partial charge in [0.1, 0.15) is 5.75 Å². The lowest BCUT2D eigenvalue weighted by Gasteiger charge is -2.13. The maximum Gasteiger partial charge on any atom is 0.237 e. The molecular weight excluding hydrogens is 398 g/mol.